The highest BCUT2D eigenvalue weighted by molar-refractivity contribution is 5.13. The molecule has 1 aromatic heterocycles. The molecule has 0 saturated heterocycles. The number of aryl methyl sites for hydroxylation is 1. The Hall–Kier alpha value is -1.13. The Balaban J connectivity index is 1.70. The van der Waals surface area contributed by atoms with Gasteiger partial charge in [0.15, 0.2) is 0 Å². The van der Waals surface area contributed by atoms with Crippen molar-refractivity contribution in [1.29, 1.82) is 0 Å². The first-order chi connectivity index (χ1) is 9.24. The van der Waals surface area contributed by atoms with E-state index in [2.05, 4.69) is 47.0 Å². The molecular weight excluding hydrogens is 236 g/mol. The van der Waals surface area contributed by atoms with E-state index in [0.717, 1.165) is 32.7 Å². The second-order valence-corrected chi connectivity index (χ2v) is 5.97. The van der Waals surface area contributed by atoms with E-state index in [4.69, 9.17) is 5.10 Å². The summed E-state index contributed by atoms with van der Waals surface area (Å²) in [5, 5.41) is 8.23. The Morgan fingerprint density at radius 2 is 2.37 bits per heavy atom. The summed E-state index contributed by atoms with van der Waals surface area (Å²) in [4.78, 5) is 2.51. The summed E-state index contributed by atoms with van der Waals surface area (Å²) in [5.74, 6) is 0.667. The van der Waals surface area contributed by atoms with Crippen LogP contribution in [0, 0.1) is 5.92 Å². The highest BCUT2D eigenvalue weighted by Gasteiger charge is 2.23. The molecule has 0 bridgehead atoms. The maximum absolute atomic E-state index is 4.78. The fourth-order valence-corrected chi connectivity index (χ4v) is 3.10. The summed E-state index contributed by atoms with van der Waals surface area (Å²) in [7, 11) is 0. The van der Waals surface area contributed by atoms with Crippen molar-refractivity contribution in [3.05, 3.63) is 29.6 Å². The van der Waals surface area contributed by atoms with Crippen LogP contribution < -0.4 is 5.32 Å². The first-order valence-electron chi connectivity index (χ1n) is 7.41. The third-order valence-corrected chi connectivity index (χ3v) is 4.09. The first-order valence-corrected chi connectivity index (χ1v) is 7.41. The van der Waals surface area contributed by atoms with E-state index < -0.39 is 0 Å². The van der Waals surface area contributed by atoms with Crippen molar-refractivity contribution in [3.8, 4) is 0 Å². The molecule has 0 amide bonds. The molecule has 0 aromatic carbocycles. The van der Waals surface area contributed by atoms with Crippen LogP contribution in [0.1, 0.15) is 31.7 Å². The average molecular weight is 260 g/mol. The fourth-order valence-electron chi connectivity index (χ4n) is 3.10. The van der Waals surface area contributed by atoms with Gasteiger partial charge >= 0.3 is 0 Å². The molecule has 0 spiro atoms. The highest BCUT2D eigenvalue weighted by atomic mass is 15.3. The number of aromatic nitrogens is 2. The molecule has 1 atom stereocenters. The van der Waals surface area contributed by atoms with Gasteiger partial charge in [-0.15, -0.1) is 0 Å². The molecule has 1 N–H and O–H groups in total. The monoisotopic (exact) mass is 260 g/mol. The zero-order valence-corrected chi connectivity index (χ0v) is 12.0. The van der Waals surface area contributed by atoms with Gasteiger partial charge in [0.05, 0.1) is 11.4 Å². The van der Waals surface area contributed by atoms with E-state index in [9.17, 15) is 0 Å². The molecule has 0 radical (unpaired) electrons. The van der Waals surface area contributed by atoms with Crippen molar-refractivity contribution >= 4 is 0 Å². The fraction of sp³-hybridized carbons (Fsp3) is 0.667. The first kappa shape index (κ1) is 12.9. The number of hydrogen-bond acceptors (Lipinski definition) is 3. The summed E-state index contributed by atoms with van der Waals surface area (Å²) in [6.07, 6.45) is 5.80. The van der Waals surface area contributed by atoms with Crippen LogP contribution in [0.4, 0.5) is 0 Å². The Labute approximate surface area is 115 Å². The minimum absolute atomic E-state index is 0.569. The molecule has 0 aliphatic carbocycles. The van der Waals surface area contributed by atoms with Crippen molar-refractivity contribution in [2.24, 2.45) is 5.92 Å². The van der Waals surface area contributed by atoms with E-state index in [1.165, 1.54) is 17.8 Å². The van der Waals surface area contributed by atoms with Gasteiger partial charge in [0.1, 0.15) is 0 Å². The van der Waals surface area contributed by atoms with Crippen LogP contribution in [0.2, 0.25) is 0 Å². The number of hydrogen-bond donors (Lipinski definition) is 1. The van der Waals surface area contributed by atoms with Gasteiger partial charge in [0, 0.05) is 32.2 Å². The molecule has 2 aliphatic heterocycles. The topological polar surface area (TPSA) is 33.1 Å². The van der Waals surface area contributed by atoms with Crippen LogP contribution in [0.3, 0.4) is 0 Å². The molecule has 104 valence electrons. The lowest BCUT2D eigenvalue weighted by Crippen LogP contribution is -2.33. The van der Waals surface area contributed by atoms with Crippen molar-refractivity contribution in [2.45, 2.75) is 45.9 Å². The van der Waals surface area contributed by atoms with Crippen LogP contribution in [-0.2, 0) is 19.6 Å². The Bertz CT molecular complexity index is 437. The maximum Gasteiger partial charge on any atom is 0.0768 e. The van der Waals surface area contributed by atoms with E-state index in [0.29, 0.717) is 12.0 Å². The zero-order chi connectivity index (χ0) is 13.2. The minimum atomic E-state index is 0.569. The van der Waals surface area contributed by atoms with Crippen molar-refractivity contribution in [3.63, 3.8) is 0 Å². The predicted molar refractivity (Wildman–Crippen MR) is 76.7 cm³/mol. The van der Waals surface area contributed by atoms with Gasteiger partial charge in [-0.1, -0.05) is 26.0 Å². The summed E-state index contributed by atoms with van der Waals surface area (Å²) in [6, 6.07) is 2.84. The predicted octanol–water partition coefficient (Wildman–Crippen LogP) is 1.77. The van der Waals surface area contributed by atoms with Crippen LogP contribution in [0.25, 0.3) is 0 Å². The molecule has 0 unspecified atom stereocenters. The number of rotatable bonds is 3. The van der Waals surface area contributed by atoms with Gasteiger partial charge in [-0.2, -0.15) is 5.10 Å². The zero-order valence-electron chi connectivity index (χ0n) is 12.0. The van der Waals surface area contributed by atoms with Gasteiger partial charge < -0.3 is 5.32 Å². The maximum atomic E-state index is 4.78. The smallest absolute Gasteiger partial charge is 0.0768 e. The van der Waals surface area contributed by atoms with Crippen molar-refractivity contribution in [2.75, 3.05) is 13.1 Å². The summed E-state index contributed by atoms with van der Waals surface area (Å²) < 4.78 is 2.18. The summed E-state index contributed by atoms with van der Waals surface area (Å²) >= 11 is 0. The van der Waals surface area contributed by atoms with Crippen LogP contribution >= 0.6 is 0 Å². The largest absolute Gasteiger partial charge is 0.311 e. The molecule has 1 aromatic rings. The SMILES string of the molecule is CC(C)[C@@H]1C=CCN1Cc1cc2n(n1)CCCNC2. The van der Waals surface area contributed by atoms with Crippen molar-refractivity contribution in [1.82, 2.24) is 20.0 Å². The van der Waals surface area contributed by atoms with E-state index in [1.54, 1.807) is 0 Å². The van der Waals surface area contributed by atoms with Gasteiger partial charge in [-0.25, -0.2) is 0 Å². The quantitative estimate of drug-likeness (QED) is 0.841. The summed E-state index contributed by atoms with van der Waals surface area (Å²) in [6.45, 7) is 9.72. The number of fused-ring (bicyclic) bond motifs is 1. The van der Waals surface area contributed by atoms with Crippen LogP contribution in [0.15, 0.2) is 18.2 Å². The second kappa shape index (κ2) is 5.47. The van der Waals surface area contributed by atoms with Crippen molar-refractivity contribution < 1.29 is 0 Å². The molecule has 3 rings (SSSR count). The lowest BCUT2D eigenvalue weighted by atomic mass is 10.0. The lowest BCUT2D eigenvalue weighted by molar-refractivity contribution is 0.215. The normalized spacial score (nSPS) is 23.8. The highest BCUT2D eigenvalue weighted by Crippen LogP contribution is 2.20. The van der Waals surface area contributed by atoms with E-state index >= 15 is 0 Å². The molecule has 19 heavy (non-hydrogen) atoms. The number of nitrogens with one attached hydrogen (secondary N) is 1. The number of nitrogens with zero attached hydrogens (tertiary/aromatic N) is 3. The molecule has 3 heterocycles. The molecule has 4 heteroatoms. The Morgan fingerprint density at radius 3 is 3.21 bits per heavy atom. The molecule has 4 nitrogen and oxygen atoms in total. The molecular formula is C15H24N4. The van der Waals surface area contributed by atoms with Gasteiger partial charge in [-0.05, 0) is 24.9 Å². The average Bonchev–Trinajstić information content (AvgIpc) is 2.92. The van der Waals surface area contributed by atoms with Gasteiger partial charge in [0.2, 0.25) is 0 Å². The van der Waals surface area contributed by atoms with Crippen LogP contribution in [-0.4, -0.2) is 33.8 Å². The standard InChI is InChI=1S/C15H24N4/c1-12(2)15-5-3-7-18(15)11-13-9-14-10-16-6-4-8-19(14)17-13/h3,5,9,12,15-16H,4,6-8,10-11H2,1-2H3/t15-/m0/s1. The minimum Gasteiger partial charge on any atom is -0.311 e. The Morgan fingerprint density at radius 1 is 1.47 bits per heavy atom. The molecule has 0 fully saturated rings. The third kappa shape index (κ3) is 2.74. The van der Waals surface area contributed by atoms with Gasteiger partial charge in [0.25, 0.3) is 0 Å². The van der Waals surface area contributed by atoms with E-state index in [1.807, 2.05) is 0 Å². The molecule has 0 saturated carbocycles. The molecule has 2 aliphatic rings. The third-order valence-electron chi connectivity index (χ3n) is 4.09. The summed E-state index contributed by atoms with van der Waals surface area (Å²) in [5.41, 5.74) is 2.55. The Kier molecular flexibility index (Phi) is 3.71. The lowest BCUT2D eigenvalue weighted by Gasteiger charge is -2.26. The van der Waals surface area contributed by atoms with Gasteiger partial charge in [-0.3, -0.25) is 9.58 Å². The van der Waals surface area contributed by atoms with E-state index in [-0.39, 0.29) is 0 Å². The van der Waals surface area contributed by atoms with Crippen LogP contribution in [0.5, 0.6) is 0 Å². The second-order valence-electron chi connectivity index (χ2n) is 5.97.